The first-order chi connectivity index (χ1) is 7.38. The van der Waals surface area contributed by atoms with Gasteiger partial charge in [0.2, 0.25) is 5.91 Å². The van der Waals surface area contributed by atoms with Crippen molar-refractivity contribution >= 4 is 27.5 Å². The molecule has 0 spiro atoms. The Kier molecular flexibility index (Phi) is 2.69. The van der Waals surface area contributed by atoms with E-state index in [-0.39, 0.29) is 11.3 Å². The standard InChI is InChI=1S/C10H7BrF3NO/c11-5-1-2-8-6(3-5)7(10(12,13)14)4-9(16)15-8/h1-3,7H,4H2,(H,15,16). The molecule has 86 valence electrons. The van der Waals surface area contributed by atoms with Gasteiger partial charge in [-0.2, -0.15) is 13.2 Å². The summed E-state index contributed by atoms with van der Waals surface area (Å²) in [6, 6.07) is 4.46. The average molecular weight is 294 g/mol. The Hall–Kier alpha value is -1.04. The van der Waals surface area contributed by atoms with Crippen molar-refractivity contribution in [3.05, 3.63) is 28.2 Å². The summed E-state index contributed by atoms with van der Waals surface area (Å²) in [5.74, 6) is -2.31. The second kappa shape index (κ2) is 3.76. The molecule has 0 aliphatic carbocycles. The highest BCUT2D eigenvalue weighted by Crippen LogP contribution is 2.43. The van der Waals surface area contributed by atoms with E-state index >= 15 is 0 Å². The Bertz CT molecular complexity index is 444. The normalized spacial score (nSPS) is 20.2. The van der Waals surface area contributed by atoms with Gasteiger partial charge >= 0.3 is 6.18 Å². The maximum absolute atomic E-state index is 12.7. The van der Waals surface area contributed by atoms with Gasteiger partial charge in [-0.05, 0) is 23.8 Å². The van der Waals surface area contributed by atoms with E-state index in [1.54, 1.807) is 6.07 Å². The first-order valence-electron chi connectivity index (χ1n) is 4.54. The van der Waals surface area contributed by atoms with Gasteiger partial charge in [0.25, 0.3) is 0 Å². The number of fused-ring (bicyclic) bond motifs is 1. The number of hydrogen-bond acceptors (Lipinski definition) is 1. The van der Waals surface area contributed by atoms with Gasteiger partial charge in [0.1, 0.15) is 0 Å². The lowest BCUT2D eigenvalue weighted by molar-refractivity contribution is -0.156. The molecule has 1 N–H and O–H groups in total. The monoisotopic (exact) mass is 293 g/mol. The lowest BCUT2D eigenvalue weighted by atomic mass is 9.90. The molecule has 1 amide bonds. The smallest absolute Gasteiger partial charge is 0.326 e. The van der Waals surface area contributed by atoms with Gasteiger partial charge in [0, 0.05) is 16.6 Å². The van der Waals surface area contributed by atoms with Crippen molar-refractivity contribution in [3.63, 3.8) is 0 Å². The number of carbonyl (C=O) groups is 1. The number of amides is 1. The molecule has 16 heavy (non-hydrogen) atoms. The van der Waals surface area contributed by atoms with Crippen molar-refractivity contribution in [1.29, 1.82) is 0 Å². The number of alkyl halides is 3. The average Bonchev–Trinajstić information content (AvgIpc) is 2.16. The number of anilines is 1. The molecule has 6 heteroatoms. The van der Waals surface area contributed by atoms with Crippen LogP contribution in [0.4, 0.5) is 18.9 Å². The van der Waals surface area contributed by atoms with Crippen LogP contribution in [0.5, 0.6) is 0 Å². The lowest BCUT2D eigenvalue weighted by Gasteiger charge is -2.27. The van der Waals surface area contributed by atoms with Crippen LogP contribution < -0.4 is 5.32 Å². The third kappa shape index (κ3) is 2.07. The number of nitrogens with one attached hydrogen (secondary N) is 1. The molecule has 1 atom stereocenters. The fourth-order valence-electron chi connectivity index (χ4n) is 1.72. The van der Waals surface area contributed by atoms with E-state index < -0.39 is 24.4 Å². The zero-order valence-electron chi connectivity index (χ0n) is 7.94. The van der Waals surface area contributed by atoms with Crippen molar-refractivity contribution in [3.8, 4) is 0 Å². The fraction of sp³-hybridized carbons (Fsp3) is 0.300. The molecule has 1 heterocycles. The first-order valence-corrected chi connectivity index (χ1v) is 5.33. The maximum atomic E-state index is 12.7. The molecule has 0 bridgehead atoms. The Morgan fingerprint density at radius 2 is 2.06 bits per heavy atom. The van der Waals surface area contributed by atoms with Crippen molar-refractivity contribution in [2.75, 3.05) is 5.32 Å². The minimum atomic E-state index is -4.40. The van der Waals surface area contributed by atoms with Crippen LogP contribution in [-0.4, -0.2) is 12.1 Å². The van der Waals surface area contributed by atoms with E-state index in [4.69, 9.17) is 0 Å². The molecular weight excluding hydrogens is 287 g/mol. The van der Waals surface area contributed by atoms with E-state index in [1.165, 1.54) is 12.1 Å². The fourth-order valence-corrected chi connectivity index (χ4v) is 2.10. The molecule has 1 aliphatic heterocycles. The largest absolute Gasteiger partial charge is 0.396 e. The summed E-state index contributed by atoms with van der Waals surface area (Å²) in [4.78, 5) is 11.1. The predicted molar refractivity (Wildman–Crippen MR) is 56.2 cm³/mol. The van der Waals surface area contributed by atoms with Crippen LogP contribution in [0.25, 0.3) is 0 Å². The highest BCUT2D eigenvalue weighted by Gasteiger charge is 2.45. The molecule has 0 fully saturated rings. The van der Waals surface area contributed by atoms with Gasteiger partial charge in [-0.1, -0.05) is 15.9 Å². The number of benzene rings is 1. The van der Waals surface area contributed by atoms with E-state index in [2.05, 4.69) is 21.2 Å². The quantitative estimate of drug-likeness (QED) is 0.780. The van der Waals surface area contributed by atoms with Gasteiger partial charge in [0.05, 0.1) is 5.92 Å². The second-order valence-corrected chi connectivity index (χ2v) is 4.49. The highest BCUT2D eigenvalue weighted by molar-refractivity contribution is 9.10. The van der Waals surface area contributed by atoms with Crippen LogP contribution >= 0.6 is 15.9 Å². The van der Waals surface area contributed by atoms with Crippen LogP contribution in [0.2, 0.25) is 0 Å². The van der Waals surface area contributed by atoms with Crippen molar-refractivity contribution in [1.82, 2.24) is 0 Å². The lowest BCUT2D eigenvalue weighted by Crippen LogP contribution is -2.31. The van der Waals surface area contributed by atoms with E-state index in [1.807, 2.05) is 0 Å². The summed E-state index contributed by atoms with van der Waals surface area (Å²) in [5, 5.41) is 2.43. The van der Waals surface area contributed by atoms with Crippen molar-refractivity contribution in [2.45, 2.75) is 18.5 Å². The van der Waals surface area contributed by atoms with Crippen molar-refractivity contribution in [2.24, 2.45) is 0 Å². The Morgan fingerprint density at radius 1 is 1.38 bits per heavy atom. The molecule has 2 nitrogen and oxygen atoms in total. The van der Waals surface area contributed by atoms with Gasteiger partial charge in [-0.15, -0.1) is 0 Å². The molecule has 1 aromatic carbocycles. The summed E-state index contributed by atoms with van der Waals surface area (Å²) in [6.07, 6.45) is -4.94. The summed E-state index contributed by atoms with van der Waals surface area (Å²) in [7, 11) is 0. The summed E-state index contributed by atoms with van der Waals surface area (Å²) in [5.41, 5.74) is 0.350. The van der Waals surface area contributed by atoms with Crippen LogP contribution in [0.3, 0.4) is 0 Å². The Balaban J connectivity index is 2.52. The molecule has 0 saturated carbocycles. The van der Waals surface area contributed by atoms with Gasteiger partial charge < -0.3 is 5.32 Å². The number of halogens is 4. The zero-order valence-corrected chi connectivity index (χ0v) is 9.52. The Morgan fingerprint density at radius 3 is 2.69 bits per heavy atom. The number of rotatable bonds is 0. The minimum Gasteiger partial charge on any atom is -0.326 e. The SMILES string of the molecule is O=C1CC(C(F)(F)F)c2cc(Br)ccc2N1. The molecule has 1 aliphatic rings. The molecule has 0 radical (unpaired) electrons. The predicted octanol–water partition coefficient (Wildman–Crippen LogP) is 3.44. The van der Waals surface area contributed by atoms with Crippen LogP contribution in [0, 0.1) is 0 Å². The van der Waals surface area contributed by atoms with Gasteiger partial charge in [-0.3, -0.25) is 4.79 Å². The van der Waals surface area contributed by atoms with Gasteiger partial charge in [0.15, 0.2) is 0 Å². The van der Waals surface area contributed by atoms with Crippen LogP contribution in [-0.2, 0) is 4.79 Å². The third-order valence-electron chi connectivity index (χ3n) is 2.45. The zero-order chi connectivity index (χ0) is 11.9. The number of carbonyl (C=O) groups excluding carboxylic acids is 1. The summed E-state index contributed by atoms with van der Waals surface area (Å²) in [6.45, 7) is 0. The molecule has 1 unspecified atom stereocenters. The second-order valence-electron chi connectivity index (χ2n) is 3.58. The molecule has 0 aromatic heterocycles. The third-order valence-corrected chi connectivity index (χ3v) is 2.94. The van der Waals surface area contributed by atoms with Crippen LogP contribution in [0.15, 0.2) is 22.7 Å². The highest BCUT2D eigenvalue weighted by atomic mass is 79.9. The topological polar surface area (TPSA) is 29.1 Å². The first kappa shape index (κ1) is 11.4. The molecule has 2 rings (SSSR count). The van der Waals surface area contributed by atoms with Crippen molar-refractivity contribution < 1.29 is 18.0 Å². The number of hydrogen-bond donors (Lipinski definition) is 1. The van der Waals surface area contributed by atoms with E-state index in [0.717, 1.165) is 0 Å². The molecular formula is C10H7BrF3NO. The summed E-state index contributed by atoms with van der Waals surface area (Å²) >= 11 is 3.12. The van der Waals surface area contributed by atoms with Crippen LogP contribution in [0.1, 0.15) is 17.9 Å². The van der Waals surface area contributed by atoms with E-state index in [9.17, 15) is 18.0 Å². The maximum Gasteiger partial charge on any atom is 0.396 e. The van der Waals surface area contributed by atoms with Gasteiger partial charge in [-0.25, -0.2) is 0 Å². The summed E-state index contributed by atoms with van der Waals surface area (Å²) < 4.78 is 38.8. The molecule has 0 saturated heterocycles. The Labute approximate surface area is 98.0 Å². The minimum absolute atomic E-state index is 0.112. The van der Waals surface area contributed by atoms with E-state index in [0.29, 0.717) is 4.47 Å². The molecule has 1 aromatic rings.